The molecule has 0 saturated carbocycles. The van der Waals surface area contributed by atoms with Crippen molar-refractivity contribution in [1.82, 2.24) is 9.78 Å². The molecule has 0 bridgehead atoms. The van der Waals surface area contributed by atoms with Crippen LogP contribution < -0.4 is 15.4 Å². The van der Waals surface area contributed by atoms with Crippen LogP contribution >= 0.6 is 0 Å². The van der Waals surface area contributed by atoms with Gasteiger partial charge in [-0.3, -0.25) is 9.59 Å². The minimum atomic E-state index is -0.715. The molecule has 0 saturated heterocycles. The molecule has 1 aromatic heterocycles. The van der Waals surface area contributed by atoms with Crippen LogP contribution in [0.1, 0.15) is 35.1 Å². The van der Waals surface area contributed by atoms with Crippen molar-refractivity contribution in [1.29, 1.82) is 0 Å². The summed E-state index contributed by atoms with van der Waals surface area (Å²) < 4.78 is 25.4. The summed E-state index contributed by atoms with van der Waals surface area (Å²) in [6, 6.07) is 10.6. The molecule has 34 heavy (non-hydrogen) atoms. The van der Waals surface area contributed by atoms with Gasteiger partial charge in [-0.25, -0.2) is 13.9 Å². The molecule has 0 atom stereocenters. The van der Waals surface area contributed by atoms with Gasteiger partial charge in [-0.05, 0) is 61.7 Å². The third kappa shape index (κ3) is 4.90. The molecule has 0 fully saturated rings. The van der Waals surface area contributed by atoms with Crippen molar-refractivity contribution in [3.8, 4) is 11.4 Å². The lowest BCUT2D eigenvalue weighted by Crippen LogP contribution is -2.22. The van der Waals surface area contributed by atoms with Gasteiger partial charge in [0, 0.05) is 23.9 Å². The van der Waals surface area contributed by atoms with Gasteiger partial charge in [0.05, 0.1) is 18.5 Å². The predicted molar refractivity (Wildman–Crippen MR) is 122 cm³/mol. The number of nitrogens with zero attached hydrogens (tertiary/aromatic N) is 2. The summed E-state index contributed by atoms with van der Waals surface area (Å²) in [7, 11) is 1.45. The SMILES string of the molecule is COc1ccc(NC(C)=O)cc1NC(=O)COC(=O)c1nn(-c2ccc(F)cc2)c2c1CCC2. The first-order valence-electron chi connectivity index (χ1n) is 10.6. The van der Waals surface area contributed by atoms with Gasteiger partial charge in [0.1, 0.15) is 11.6 Å². The first kappa shape index (κ1) is 23.0. The quantitative estimate of drug-likeness (QED) is 0.517. The maximum atomic E-state index is 13.3. The van der Waals surface area contributed by atoms with Crippen LogP contribution in [0.2, 0.25) is 0 Å². The Balaban J connectivity index is 1.45. The number of halogens is 1. The minimum absolute atomic E-state index is 0.148. The number of fused-ring (bicyclic) bond motifs is 1. The van der Waals surface area contributed by atoms with Crippen molar-refractivity contribution in [2.24, 2.45) is 0 Å². The molecule has 176 valence electrons. The number of methoxy groups -OCH3 is 1. The fourth-order valence-electron chi connectivity index (χ4n) is 3.87. The van der Waals surface area contributed by atoms with E-state index in [1.54, 1.807) is 28.9 Å². The smallest absolute Gasteiger partial charge is 0.359 e. The van der Waals surface area contributed by atoms with Crippen LogP contribution in [0.15, 0.2) is 42.5 Å². The summed E-state index contributed by atoms with van der Waals surface area (Å²) in [6.07, 6.45) is 2.26. The van der Waals surface area contributed by atoms with Gasteiger partial charge in [-0.2, -0.15) is 5.10 Å². The van der Waals surface area contributed by atoms with Crippen molar-refractivity contribution < 1.29 is 28.2 Å². The van der Waals surface area contributed by atoms with Crippen molar-refractivity contribution in [2.75, 3.05) is 24.4 Å². The molecular weight excluding hydrogens is 443 g/mol. The van der Waals surface area contributed by atoms with E-state index in [2.05, 4.69) is 15.7 Å². The topological polar surface area (TPSA) is 112 Å². The molecule has 2 aromatic carbocycles. The van der Waals surface area contributed by atoms with Gasteiger partial charge >= 0.3 is 5.97 Å². The lowest BCUT2D eigenvalue weighted by atomic mass is 10.2. The molecule has 0 spiro atoms. The summed E-state index contributed by atoms with van der Waals surface area (Å²) >= 11 is 0. The average Bonchev–Trinajstić information content (AvgIpc) is 3.41. The van der Waals surface area contributed by atoms with E-state index in [1.165, 1.54) is 32.2 Å². The van der Waals surface area contributed by atoms with E-state index in [-0.39, 0.29) is 17.4 Å². The Morgan fingerprint density at radius 2 is 1.85 bits per heavy atom. The number of benzene rings is 2. The second-order valence-corrected chi connectivity index (χ2v) is 7.74. The number of ether oxygens (including phenoxy) is 2. The zero-order valence-electron chi connectivity index (χ0n) is 18.7. The second kappa shape index (κ2) is 9.74. The Morgan fingerprint density at radius 3 is 2.56 bits per heavy atom. The summed E-state index contributed by atoms with van der Waals surface area (Å²) in [5, 5.41) is 9.63. The lowest BCUT2D eigenvalue weighted by molar-refractivity contribution is -0.119. The minimum Gasteiger partial charge on any atom is -0.495 e. The number of aromatic nitrogens is 2. The number of nitrogens with one attached hydrogen (secondary N) is 2. The number of anilines is 2. The highest BCUT2D eigenvalue weighted by Gasteiger charge is 2.28. The molecule has 9 nitrogen and oxygen atoms in total. The molecule has 2 amide bonds. The summed E-state index contributed by atoms with van der Waals surface area (Å²) in [6.45, 7) is 0.834. The first-order valence-corrected chi connectivity index (χ1v) is 10.6. The molecule has 1 aliphatic carbocycles. The molecule has 4 rings (SSSR count). The Bertz CT molecular complexity index is 1250. The number of carbonyl (C=O) groups is 3. The molecular formula is C24H23FN4O5. The fraction of sp³-hybridized carbons (Fsp3) is 0.250. The standard InChI is InChI=1S/C24H23FN4O5/c1-14(30)26-16-8-11-21(33-2)19(12-16)27-22(31)13-34-24(32)23-18-4-3-5-20(18)29(28-23)17-9-6-15(25)7-10-17/h6-12H,3-5,13H2,1-2H3,(H,26,30)(H,27,31). The van der Waals surface area contributed by atoms with Gasteiger partial charge in [-0.1, -0.05) is 0 Å². The van der Waals surface area contributed by atoms with Crippen LogP contribution in [-0.4, -0.2) is 41.3 Å². The summed E-state index contributed by atoms with van der Waals surface area (Å²) in [5.41, 5.74) is 3.23. The Kier molecular flexibility index (Phi) is 6.58. The van der Waals surface area contributed by atoms with Crippen LogP contribution in [0, 0.1) is 5.82 Å². The van der Waals surface area contributed by atoms with E-state index < -0.39 is 18.5 Å². The van der Waals surface area contributed by atoms with E-state index >= 15 is 0 Å². The van der Waals surface area contributed by atoms with Gasteiger partial charge < -0.3 is 20.1 Å². The molecule has 0 radical (unpaired) electrons. The van der Waals surface area contributed by atoms with Crippen LogP contribution in [0.25, 0.3) is 5.69 Å². The number of carbonyl (C=O) groups excluding carboxylic acids is 3. The lowest BCUT2D eigenvalue weighted by Gasteiger charge is -2.12. The fourth-order valence-corrected chi connectivity index (χ4v) is 3.87. The number of hydrogen-bond acceptors (Lipinski definition) is 6. The number of esters is 1. The molecule has 10 heteroatoms. The first-order chi connectivity index (χ1) is 16.4. The average molecular weight is 466 g/mol. The highest BCUT2D eigenvalue weighted by atomic mass is 19.1. The third-order valence-electron chi connectivity index (χ3n) is 5.32. The zero-order chi connectivity index (χ0) is 24.2. The molecule has 3 aromatic rings. The Labute approximate surface area is 194 Å². The second-order valence-electron chi connectivity index (χ2n) is 7.74. The van der Waals surface area contributed by atoms with Crippen LogP contribution in [-0.2, 0) is 27.2 Å². The van der Waals surface area contributed by atoms with Gasteiger partial charge in [0.2, 0.25) is 5.91 Å². The number of amides is 2. The van der Waals surface area contributed by atoms with Crippen LogP contribution in [0.4, 0.5) is 15.8 Å². The Morgan fingerprint density at radius 1 is 1.09 bits per heavy atom. The monoisotopic (exact) mass is 466 g/mol. The largest absolute Gasteiger partial charge is 0.495 e. The highest BCUT2D eigenvalue weighted by molar-refractivity contribution is 5.97. The summed E-state index contributed by atoms with van der Waals surface area (Å²) in [4.78, 5) is 36.5. The molecule has 0 unspecified atom stereocenters. The van der Waals surface area contributed by atoms with Crippen molar-refractivity contribution in [3.05, 3.63) is 65.2 Å². The Hall–Kier alpha value is -4.21. The van der Waals surface area contributed by atoms with Crippen LogP contribution in [0.3, 0.4) is 0 Å². The van der Waals surface area contributed by atoms with E-state index in [0.717, 1.165) is 24.1 Å². The van der Waals surface area contributed by atoms with Crippen molar-refractivity contribution in [3.63, 3.8) is 0 Å². The number of hydrogen-bond donors (Lipinski definition) is 2. The van der Waals surface area contributed by atoms with Gasteiger partial charge in [0.25, 0.3) is 5.91 Å². The molecule has 2 N–H and O–H groups in total. The number of rotatable bonds is 7. The zero-order valence-corrected chi connectivity index (χ0v) is 18.7. The van der Waals surface area contributed by atoms with Crippen LogP contribution in [0.5, 0.6) is 5.75 Å². The van der Waals surface area contributed by atoms with Gasteiger partial charge in [-0.15, -0.1) is 0 Å². The highest BCUT2D eigenvalue weighted by Crippen LogP contribution is 2.29. The predicted octanol–water partition coefficient (Wildman–Crippen LogP) is 3.26. The molecule has 1 heterocycles. The maximum absolute atomic E-state index is 13.3. The third-order valence-corrected chi connectivity index (χ3v) is 5.32. The van der Waals surface area contributed by atoms with E-state index in [4.69, 9.17) is 9.47 Å². The van der Waals surface area contributed by atoms with E-state index in [0.29, 0.717) is 29.2 Å². The maximum Gasteiger partial charge on any atom is 0.359 e. The van der Waals surface area contributed by atoms with E-state index in [1.807, 2.05) is 0 Å². The van der Waals surface area contributed by atoms with Gasteiger partial charge in [0.15, 0.2) is 12.3 Å². The van der Waals surface area contributed by atoms with Crippen molar-refractivity contribution in [2.45, 2.75) is 26.2 Å². The van der Waals surface area contributed by atoms with E-state index in [9.17, 15) is 18.8 Å². The summed E-state index contributed by atoms with van der Waals surface area (Å²) in [5.74, 6) is -1.54. The van der Waals surface area contributed by atoms with Crippen molar-refractivity contribution >= 4 is 29.2 Å². The normalized spacial score (nSPS) is 12.1. The molecule has 1 aliphatic rings. The molecule has 0 aliphatic heterocycles.